The van der Waals surface area contributed by atoms with Crippen LogP contribution >= 0.6 is 23.2 Å². The van der Waals surface area contributed by atoms with Crippen LogP contribution in [0.15, 0.2) is 48.5 Å². The van der Waals surface area contributed by atoms with Gasteiger partial charge in [0.1, 0.15) is 0 Å². The van der Waals surface area contributed by atoms with E-state index in [4.69, 9.17) is 23.2 Å². The summed E-state index contributed by atoms with van der Waals surface area (Å²) in [5.74, 6) is -0.121. The third-order valence-corrected chi connectivity index (χ3v) is 6.49. The zero-order chi connectivity index (χ0) is 18.0. The molecule has 1 atom stereocenters. The van der Waals surface area contributed by atoms with E-state index in [2.05, 4.69) is 0 Å². The van der Waals surface area contributed by atoms with E-state index in [0.29, 0.717) is 28.6 Å². The molecule has 3 rings (SSSR count). The van der Waals surface area contributed by atoms with Crippen LogP contribution in [0.25, 0.3) is 0 Å². The number of hydrogen-bond acceptors (Lipinski definition) is 3. The first kappa shape index (κ1) is 18.2. The molecule has 2 aromatic carbocycles. The summed E-state index contributed by atoms with van der Waals surface area (Å²) in [7, 11) is -3.10. The maximum absolute atomic E-state index is 13.0. The monoisotopic (exact) mass is 397 g/mol. The minimum atomic E-state index is -3.10. The Morgan fingerprint density at radius 2 is 1.80 bits per heavy atom. The molecule has 1 amide bonds. The first-order valence-electron chi connectivity index (χ1n) is 7.85. The number of nitrogens with zero attached hydrogens (tertiary/aromatic N) is 1. The molecule has 1 aliphatic heterocycles. The van der Waals surface area contributed by atoms with Crippen molar-refractivity contribution < 1.29 is 13.2 Å². The second kappa shape index (κ2) is 7.36. The molecule has 25 heavy (non-hydrogen) atoms. The molecule has 0 bridgehead atoms. The number of rotatable bonds is 4. The van der Waals surface area contributed by atoms with Gasteiger partial charge in [-0.3, -0.25) is 4.79 Å². The quantitative estimate of drug-likeness (QED) is 0.787. The van der Waals surface area contributed by atoms with Gasteiger partial charge in [-0.25, -0.2) is 8.42 Å². The van der Waals surface area contributed by atoms with Crippen molar-refractivity contribution in [2.45, 2.75) is 19.0 Å². The second-order valence-electron chi connectivity index (χ2n) is 6.13. The molecule has 1 aliphatic rings. The highest BCUT2D eigenvalue weighted by molar-refractivity contribution is 7.91. The van der Waals surface area contributed by atoms with Crippen LogP contribution in [0.3, 0.4) is 0 Å². The fraction of sp³-hybridized carbons (Fsp3) is 0.278. The molecular formula is C18H17Cl2NO3S. The zero-order valence-electron chi connectivity index (χ0n) is 13.4. The lowest BCUT2D eigenvalue weighted by atomic mass is 10.1. The fourth-order valence-corrected chi connectivity index (χ4v) is 5.01. The van der Waals surface area contributed by atoms with Crippen LogP contribution in [-0.2, 0) is 16.4 Å². The van der Waals surface area contributed by atoms with Crippen molar-refractivity contribution in [2.24, 2.45) is 0 Å². The highest BCUT2D eigenvalue weighted by Crippen LogP contribution is 2.24. The number of carbonyl (C=O) groups excluding carboxylic acids is 1. The van der Waals surface area contributed by atoms with E-state index in [1.54, 1.807) is 41.3 Å². The van der Waals surface area contributed by atoms with Gasteiger partial charge < -0.3 is 4.90 Å². The molecule has 0 spiro atoms. The van der Waals surface area contributed by atoms with Gasteiger partial charge in [0.2, 0.25) is 0 Å². The molecule has 1 fully saturated rings. The number of hydrogen-bond donors (Lipinski definition) is 0. The van der Waals surface area contributed by atoms with Crippen molar-refractivity contribution in [2.75, 3.05) is 11.5 Å². The summed E-state index contributed by atoms with van der Waals surface area (Å²) in [6, 6.07) is 13.5. The summed E-state index contributed by atoms with van der Waals surface area (Å²) >= 11 is 11.9. The van der Waals surface area contributed by atoms with Crippen molar-refractivity contribution in [1.29, 1.82) is 0 Å². The average Bonchev–Trinajstić information content (AvgIpc) is 2.93. The largest absolute Gasteiger partial charge is 0.330 e. The van der Waals surface area contributed by atoms with Crippen LogP contribution in [-0.4, -0.2) is 36.8 Å². The van der Waals surface area contributed by atoms with E-state index in [0.717, 1.165) is 5.56 Å². The lowest BCUT2D eigenvalue weighted by Gasteiger charge is -2.28. The maximum Gasteiger partial charge on any atom is 0.254 e. The van der Waals surface area contributed by atoms with E-state index in [1.165, 1.54) is 0 Å². The predicted octanol–water partition coefficient (Wildman–Crippen LogP) is 3.82. The topological polar surface area (TPSA) is 54.5 Å². The summed E-state index contributed by atoms with van der Waals surface area (Å²) in [4.78, 5) is 14.6. The number of carbonyl (C=O) groups is 1. The number of sulfone groups is 1. The first-order chi connectivity index (χ1) is 11.8. The minimum Gasteiger partial charge on any atom is -0.330 e. The van der Waals surface area contributed by atoms with E-state index in [-0.39, 0.29) is 23.5 Å². The molecule has 1 heterocycles. The van der Waals surface area contributed by atoms with Gasteiger partial charge in [-0.2, -0.15) is 0 Å². The van der Waals surface area contributed by atoms with Crippen molar-refractivity contribution >= 4 is 38.9 Å². The third kappa shape index (κ3) is 4.54. The second-order valence-corrected chi connectivity index (χ2v) is 9.23. The molecule has 0 aliphatic carbocycles. The Bertz CT molecular complexity index is 881. The first-order valence-corrected chi connectivity index (χ1v) is 10.4. The lowest BCUT2D eigenvalue weighted by molar-refractivity contribution is 0.0681. The van der Waals surface area contributed by atoms with Gasteiger partial charge in [-0.05, 0) is 42.3 Å². The zero-order valence-corrected chi connectivity index (χ0v) is 15.7. The Labute approximate surface area is 157 Å². The van der Waals surface area contributed by atoms with Crippen LogP contribution in [0.5, 0.6) is 0 Å². The summed E-state index contributed by atoms with van der Waals surface area (Å²) in [5.41, 5.74) is 1.34. The Balaban J connectivity index is 1.91. The van der Waals surface area contributed by atoms with Crippen LogP contribution in [0, 0.1) is 0 Å². The molecule has 0 N–H and O–H groups in total. The minimum absolute atomic E-state index is 0.00705. The molecule has 2 aromatic rings. The molecule has 4 nitrogen and oxygen atoms in total. The predicted molar refractivity (Wildman–Crippen MR) is 99.8 cm³/mol. The van der Waals surface area contributed by atoms with Gasteiger partial charge in [0.25, 0.3) is 5.91 Å². The van der Waals surface area contributed by atoms with Crippen molar-refractivity contribution in [1.82, 2.24) is 4.90 Å². The maximum atomic E-state index is 13.0. The lowest BCUT2D eigenvalue weighted by Crippen LogP contribution is -2.40. The van der Waals surface area contributed by atoms with Crippen LogP contribution < -0.4 is 0 Å². The number of halogens is 2. The number of amides is 1. The Morgan fingerprint density at radius 3 is 2.40 bits per heavy atom. The molecule has 132 valence electrons. The van der Waals surface area contributed by atoms with Gasteiger partial charge in [0.05, 0.1) is 11.5 Å². The summed E-state index contributed by atoms with van der Waals surface area (Å²) in [5, 5.41) is 1.08. The van der Waals surface area contributed by atoms with E-state index < -0.39 is 9.84 Å². The van der Waals surface area contributed by atoms with E-state index >= 15 is 0 Å². The van der Waals surface area contributed by atoms with Crippen LogP contribution in [0.2, 0.25) is 10.0 Å². The molecular weight excluding hydrogens is 381 g/mol. The van der Waals surface area contributed by atoms with E-state index in [9.17, 15) is 13.2 Å². The highest BCUT2D eigenvalue weighted by Gasteiger charge is 2.35. The van der Waals surface area contributed by atoms with Gasteiger partial charge in [0, 0.05) is 28.2 Å². The van der Waals surface area contributed by atoms with Crippen LogP contribution in [0.1, 0.15) is 22.3 Å². The molecule has 0 unspecified atom stereocenters. The molecule has 0 radical (unpaired) electrons. The van der Waals surface area contributed by atoms with Gasteiger partial charge in [-0.15, -0.1) is 0 Å². The normalized spacial score (nSPS) is 18.9. The van der Waals surface area contributed by atoms with Gasteiger partial charge >= 0.3 is 0 Å². The Kier molecular flexibility index (Phi) is 5.37. The van der Waals surface area contributed by atoms with E-state index in [1.807, 2.05) is 12.1 Å². The fourth-order valence-electron chi connectivity index (χ4n) is 2.96. The van der Waals surface area contributed by atoms with Crippen molar-refractivity contribution in [3.05, 3.63) is 69.7 Å². The SMILES string of the molecule is O=C(c1cccc(Cl)c1)N(Cc1ccc(Cl)cc1)[C@H]1CCS(=O)(=O)C1. The van der Waals surface area contributed by atoms with Crippen molar-refractivity contribution in [3.8, 4) is 0 Å². The van der Waals surface area contributed by atoms with Crippen LogP contribution in [0.4, 0.5) is 0 Å². The molecule has 0 saturated carbocycles. The van der Waals surface area contributed by atoms with Gasteiger partial charge in [-0.1, -0.05) is 41.4 Å². The molecule has 0 aromatic heterocycles. The Hall–Kier alpha value is -1.56. The summed E-state index contributed by atoms with van der Waals surface area (Å²) < 4.78 is 23.8. The summed E-state index contributed by atoms with van der Waals surface area (Å²) in [6.45, 7) is 0.322. The smallest absolute Gasteiger partial charge is 0.254 e. The number of benzene rings is 2. The Morgan fingerprint density at radius 1 is 1.08 bits per heavy atom. The van der Waals surface area contributed by atoms with Crippen molar-refractivity contribution in [3.63, 3.8) is 0 Å². The highest BCUT2D eigenvalue weighted by atomic mass is 35.5. The summed E-state index contributed by atoms with van der Waals surface area (Å²) in [6.07, 6.45) is 0.447. The standard InChI is InChI=1S/C18H17Cl2NO3S/c19-15-6-4-13(5-7-15)11-21(17-8-9-25(23,24)12-17)18(22)14-2-1-3-16(20)10-14/h1-7,10,17H,8-9,11-12H2/t17-/m0/s1. The molecule has 1 saturated heterocycles. The molecule has 7 heteroatoms. The third-order valence-electron chi connectivity index (χ3n) is 4.25. The van der Waals surface area contributed by atoms with Gasteiger partial charge in [0.15, 0.2) is 9.84 Å². The average molecular weight is 398 g/mol.